The highest BCUT2D eigenvalue weighted by Crippen LogP contribution is 2.20. The van der Waals surface area contributed by atoms with Gasteiger partial charge in [0, 0.05) is 12.2 Å². The molecule has 7 nitrogen and oxygen atoms in total. The molecule has 7 heteroatoms. The molecule has 0 amide bonds. The van der Waals surface area contributed by atoms with Crippen molar-refractivity contribution in [1.82, 2.24) is 20.1 Å². The van der Waals surface area contributed by atoms with E-state index in [0.717, 1.165) is 36.5 Å². The maximum absolute atomic E-state index is 5.81. The van der Waals surface area contributed by atoms with Gasteiger partial charge in [-0.3, -0.25) is 0 Å². The highest BCUT2D eigenvalue weighted by molar-refractivity contribution is 5.57. The summed E-state index contributed by atoms with van der Waals surface area (Å²) in [5, 5.41) is 14.5. The minimum atomic E-state index is 0.520. The fraction of sp³-hybridized carbons (Fsp3) is 0.286. The molecule has 1 heterocycles. The number of hydrogen-bond acceptors (Lipinski definition) is 7. The van der Waals surface area contributed by atoms with E-state index in [1.54, 1.807) is 6.20 Å². The molecule has 0 saturated carbocycles. The minimum Gasteiger partial charge on any atom is -0.489 e. The third-order valence-electron chi connectivity index (χ3n) is 4.00. The predicted molar refractivity (Wildman–Crippen MR) is 112 cm³/mol. The van der Waals surface area contributed by atoms with E-state index in [1.165, 1.54) is 0 Å². The Balaban J connectivity index is 1.50. The number of nitrogens with one attached hydrogen (secondary N) is 2. The van der Waals surface area contributed by atoms with Crippen molar-refractivity contribution in [3.8, 4) is 5.75 Å². The van der Waals surface area contributed by atoms with Gasteiger partial charge in [0.15, 0.2) is 5.82 Å². The Kier molecular flexibility index (Phi) is 7.14. The predicted octanol–water partition coefficient (Wildman–Crippen LogP) is 3.56. The molecular weight excluding hydrogens is 352 g/mol. The number of nitrogens with zero attached hydrogens (tertiary/aromatic N) is 4. The Labute approximate surface area is 165 Å². The maximum Gasteiger partial charge on any atom is 0.244 e. The van der Waals surface area contributed by atoms with Crippen LogP contribution in [0.4, 0.5) is 17.5 Å². The molecule has 3 rings (SSSR count). The first-order valence-corrected chi connectivity index (χ1v) is 9.31. The van der Waals surface area contributed by atoms with Crippen LogP contribution >= 0.6 is 0 Å². The van der Waals surface area contributed by atoms with Crippen LogP contribution in [0, 0.1) is 0 Å². The van der Waals surface area contributed by atoms with E-state index in [-0.39, 0.29) is 0 Å². The first kappa shape index (κ1) is 19.6. The van der Waals surface area contributed by atoms with Crippen LogP contribution in [0.2, 0.25) is 0 Å². The van der Waals surface area contributed by atoms with Crippen LogP contribution < -0.4 is 15.4 Å². The SMILES string of the molecule is CN(C)CCCNc1nncc(Nc2ccc(OCc3ccccc3)cc2)n1. The highest BCUT2D eigenvalue weighted by atomic mass is 16.5. The van der Waals surface area contributed by atoms with Gasteiger partial charge in [-0.2, -0.15) is 10.1 Å². The molecule has 0 aliphatic carbocycles. The zero-order chi connectivity index (χ0) is 19.6. The number of aromatic nitrogens is 3. The molecule has 0 bridgehead atoms. The second kappa shape index (κ2) is 10.2. The fourth-order valence-electron chi connectivity index (χ4n) is 2.56. The van der Waals surface area contributed by atoms with Crippen LogP contribution in [0.25, 0.3) is 0 Å². The summed E-state index contributed by atoms with van der Waals surface area (Å²) in [6.45, 7) is 2.36. The van der Waals surface area contributed by atoms with Crippen LogP contribution in [-0.4, -0.2) is 47.3 Å². The van der Waals surface area contributed by atoms with E-state index in [9.17, 15) is 0 Å². The van der Waals surface area contributed by atoms with E-state index in [0.29, 0.717) is 18.4 Å². The Morgan fingerprint density at radius 2 is 1.79 bits per heavy atom. The summed E-state index contributed by atoms with van der Waals surface area (Å²) in [6, 6.07) is 17.9. The standard InChI is InChI=1S/C21H26N6O/c1-27(2)14-6-13-22-21-25-20(15-23-26-21)24-18-9-11-19(12-10-18)28-16-17-7-4-3-5-8-17/h3-5,7-12,15H,6,13-14,16H2,1-2H3,(H2,22,24,25,26). The zero-order valence-corrected chi connectivity index (χ0v) is 16.3. The van der Waals surface area contributed by atoms with E-state index < -0.39 is 0 Å². The van der Waals surface area contributed by atoms with Crippen molar-refractivity contribution in [1.29, 1.82) is 0 Å². The van der Waals surface area contributed by atoms with Crippen molar-refractivity contribution >= 4 is 17.5 Å². The minimum absolute atomic E-state index is 0.520. The van der Waals surface area contributed by atoms with E-state index in [1.807, 2.05) is 54.6 Å². The lowest BCUT2D eigenvalue weighted by Gasteiger charge is -2.11. The topological polar surface area (TPSA) is 75.2 Å². The molecule has 0 aliphatic heterocycles. The van der Waals surface area contributed by atoms with Crippen molar-refractivity contribution in [2.24, 2.45) is 0 Å². The largest absolute Gasteiger partial charge is 0.489 e. The quantitative estimate of drug-likeness (QED) is 0.523. The number of benzene rings is 2. The molecule has 0 saturated heterocycles. The second-order valence-corrected chi connectivity index (χ2v) is 6.67. The lowest BCUT2D eigenvalue weighted by atomic mass is 10.2. The molecule has 0 fully saturated rings. The average molecular weight is 378 g/mol. The molecule has 0 radical (unpaired) electrons. The Hall–Kier alpha value is -3.19. The van der Waals surface area contributed by atoms with Crippen molar-refractivity contribution in [3.05, 3.63) is 66.4 Å². The monoisotopic (exact) mass is 378 g/mol. The van der Waals surface area contributed by atoms with Gasteiger partial charge in [0.2, 0.25) is 5.95 Å². The van der Waals surface area contributed by atoms with Gasteiger partial charge in [0.1, 0.15) is 12.4 Å². The first-order chi connectivity index (χ1) is 13.7. The summed E-state index contributed by atoms with van der Waals surface area (Å²) in [7, 11) is 4.11. The molecule has 146 valence electrons. The molecule has 0 aliphatic rings. The van der Waals surface area contributed by atoms with Gasteiger partial charge < -0.3 is 20.3 Å². The van der Waals surface area contributed by atoms with Crippen LogP contribution in [-0.2, 0) is 6.61 Å². The smallest absolute Gasteiger partial charge is 0.244 e. The average Bonchev–Trinajstić information content (AvgIpc) is 2.72. The van der Waals surface area contributed by atoms with E-state index in [4.69, 9.17) is 4.74 Å². The third-order valence-corrected chi connectivity index (χ3v) is 4.00. The molecule has 2 aromatic carbocycles. The summed E-state index contributed by atoms with van der Waals surface area (Å²) in [6.07, 6.45) is 2.61. The van der Waals surface area contributed by atoms with Crippen molar-refractivity contribution < 1.29 is 4.74 Å². The summed E-state index contributed by atoms with van der Waals surface area (Å²) >= 11 is 0. The molecule has 0 atom stereocenters. The number of rotatable bonds is 10. The van der Waals surface area contributed by atoms with Crippen LogP contribution in [0.15, 0.2) is 60.8 Å². The van der Waals surface area contributed by atoms with Crippen molar-refractivity contribution in [2.45, 2.75) is 13.0 Å². The Morgan fingerprint density at radius 3 is 2.54 bits per heavy atom. The Morgan fingerprint density at radius 1 is 1.00 bits per heavy atom. The Bertz CT molecular complexity index is 839. The van der Waals surface area contributed by atoms with Gasteiger partial charge in [-0.15, -0.1) is 5.10 Å². The molecular formula is C21H26N6O. The van der Waals surface area contributed by atoms with Crippen LogP contribution in [0.5, 0.6) is 5.75 Å². The van der Waals surface area contributed by atoms with E-state index in [2.05, 4.69) is 44.8 Å². The van der Waals surface area contributed by atoms with Gasteiger partial charge in [-0.05, 0) is 56.9 Å². The number of anilines is 3. The summed E-state index contributed by atoms with van der Waals surface area (Å²) in [5.74, 6) is 1.98. The highest BCUT2D eigenvalue weighted by Gasteiger charge is 2.02. The summed E-state index contributed by atoms with van der Waals surface area (Å²) in [4.78, 5) is 6.59. The summed E-state index contributed by atoms with van der Waals surface area (Å²) < 4.78 is 5.81. The van der Waals surface area contributed by atoms with Crippen molar-refractivity contribution in [3.63, 3.8) is 0 Å². The van der Waals surface area contributed by atoms with E-state index >= 15 is 0 Å². The van der Waals surface area contributed by atoms with Crippen LogP contribution in [0.3, 0.4) is 0 Å². The first-order valence-electron chi connectivity index (χ1n) is 9.31. The molecule has 0 unspecified atom stereocenters. The van der Waals surface area contributed by atoms with Gasteiger partial charge in [0.25, 0.3) is 0 Å². The van der Waals surface area contributed by atoms with Crippen molar-refractivity contribution in [2.75, 3.05) is 37.8 Å². The number of hydrogen-bond donors (Lipinski definition) is 2. The number of ether oxygens (including phenoxy) is 1. The third kappa shape index (κ3) is 6.51. The van der Waals surface area contributed by atoms with Gasteiger partial charge in [-0.25, -0.2) is 0 Å². The second-order valence-electron chi connectivity index (χ2n) is 6.67. The molecule has 1 aromatic heterocycles. The van der Waals surface area contributed by atoms with Gasteiger partial charge >= 0.3 is 0 Å². The maximum atomic E-state index is 5.81. The lowest BCUT2D eigenvalue weighted by Crippen LogP contribution is -2.17. The lowest BCUT2D eigenvalue weighted by molar-refractivity contribution is 0.306. The normalized spacial score (nSPS) is 10.7. The van der Waals surface area contributed by atoms with Gasteiger partial charge in [0.05, 0.1) is 6.20 Å². The molecule has 28 heavy (non-hydrogen) atoms. The molecule has 2 N–H and O–H groups in total. The molecule has 0 spiro atoms. The fourth-order valence-corrected chi connectivity index (χ4v) is 2.56. The van der Waals surface area contributed by atoms with Gasteiger partial charge in [-0.1, -0.05) is 30.3 Å². The summed E-state index contributed by atoms with van der Waals surface area (Å²) in [5.41, 5.74) is 2.05. The molecule has 3 aromatic rings. The van der Waals surface area contributed by atoms with Crippen LogP contribution in [0.1, 0.15) is 12.0 Å². The zero-order valence-electron chi connectivity index (χ0n) is 16.3.